The molecule has 0 saturated carbocycles. The van der Waals surface area contributed by atoms with Crippen molar-refractivity contribution in [2.45, 2.75) is 6.92 Å². The molecule has 0 atom stereocenters. The molecule has 2 rings (SSSR count). The largest absolute Gasteiger partial charge is 0.493 e. The summed E-state index contributed by atoms with van der Waals surface area (Å²) in [5, 5.41) is 16.7. The standard InChI is InChI=1S/C11H10FN3O3/c1-2-18-11(17)15-14-9-7-5-6(12)3-4-8(7)13-10(9)16/h3-5,13,16H,2H2,1H3. The molecule has 18 heavy (non-hydrogen) atoms. The number of aromatic nitrogens is 1. The van der Waals surface area contributed by atoms with Crippen LogP contribution < -0.4 is 0 Å². The Kier molecular flexibility index (Phi) is 3.22. The Morgan fingerprint density at radius 3 is 3.06 bits per heavy atom. The summed E-state index contributed by atoms with van der Waals surface area (Å²) in [5.41, 5.74) is 0.490. The highest BCUT2D eigenvalue weighted by Gasteiger charge is 2.11. The minimum Gasteiger partial charge on any atom is -0.493 e. The van der Waals surface area contributed by atoms with Crippen molar-refractivity contribution in [1.82, 2.24) is 4.98 Å². The fraction of sp³-hybridized carbons (Fsp3) is 0.182. The molecule has 0 bridgehead atoms. The van der Waals surface area contributed by atoms with Crippen LogP contribution in [0.3, 0.4) is 0 Å². The van der Waals surface area contributed by atoms with E-state index in [9.17, 15) is 14.3 Å². The van der Waals surface area contributed by atoms with Gasteiger partial charge in [-0.3, -0.25) is 0 Å². The average molecular weight is 251 g/mol. The smallest absolute Gasteiger partial charge is 0.452 e. The average Bonchev–Trinajstić information content (AvgIpc) is 2.62. The molecule has 7 heteroatoms. The lowest BCUT2D eigenvalue weighted by Crippen LogP contribution is -1.95. The number of fused-ring (bicyclic) bond motifs is 1. The van der Waals surface area contributed by atoms with Crippen molar-refractivity contribution in [3.63, 3.8) is 0 Å². The quantitative estimate of drug-likeness (QED) is 0.803. The number of ether oxygens (including phenoxy) is 1. The van der Waals surface area contributed by atoms with E-state index < -0.39 is 11.9 Å². The van der Waals surface area contributed by atoms with E-state index in [4.69, 9.17) is 0 Å². The van der Waals surface area contributed by atoms with E-state index in [1.807, 2.05) is 0 Å². The molecule has 0 saturated heterocycles. The Balaban J connectivity index is 2.41. The normalized spacial score (nSPS) is 11.2. The van der Waals surface area contributed by atoms with E-state index in [-0.39, 0.29) is 18.2 Å². The Morgan fingerprint density at radius 1 is 1.56 bits per heavy atom. The summed E-state index contributed by atoms with van der Waals surface area (Å²) in [5.74, 6) is -0.766. The maximum Gasteiger partial charge on any atom is 0.452 e. The maximum atomic E-state index is 13.1. The second-order valence-electron chi connectivity index (χ2n) is 3.41. The minimum atomic E-state index is -0.873. The molecular formula is C11H10FN3O3. The van der Waals surface area contributed by atoms with Gasteiger partial charge in [0, 0.05) is 5.39 Å². The van der Waals surface area contributed by atoms with Gasteiger partial charge in [-0.05, 0) is 25.1 Å². The summed E-state index contributed by atoms with van der Waals surface area (Å²) in [6.45, 7) is 1.80. The topological polar surface area (TPSA) is 87.0 Å². The molecule has 0 aliphatic heterocycles. The van der Waals surface area contributed by atoms with Crippen molar-refractivity contribution < 1.29 is 19.0 Å². The van der Waals surface area contributed by atoms with E-state index in [1.165, 1.54) is 18.2 Å². The second kappa shape index (κ2) is 4.82. The summed E-state index contributed by atoms with van der Waals surface area (Å²) < 4.78 is 17.6. The first-order chi connectivity index (χ1) is 8.61. The van der Waals surface area contributed by atoms with E-state index in [2.05, 4.69) is 19.9 Å². The molecule has 0 radical (unpaired) electrons. The van der Waals surface area contributed by atoms with Crippen LogP contribution >= 0.6 is 0 Å². The van der Waals surface area contributed by atoms with Gasteiger partial charge in [0.15, 0.2) is 5.69 Å². The molecule has 1 aromatic carbocycles. The molecule has 94 valence electrons. The Bertz CT molecular complexity index is 621. The number of nitrogens with zero attached hydrogens (tertiary/aromatic N) is 2. The molecule has 0 aliphatic rings. The van der Waals surface area contributed by atoms with Crippen LogP contribution in [0.4, 0.5) is 14.9 Å². The van der Waals surface area contributed by atoms with E-state index >= 15 is 0 Å². The van der Waals surface area contributed by atoms with Crippen LogP contribution in [0.2, 0.25) is 0 Å². The zero-order valence-electron chi connectivity index (χ0n) is 9.48. The van der Waals surface area contributed by atoms with Gasteiger partial charge in [-0.2, -0.15) is 0 Å². The van der Waals surface area contributed by atoms with Gasteiger partial charge in [-0.1, -0.05) is 5.11 Å². The number of azo groups is 1. The van der Waals surface area contributed by atoms with Crippen molar-refractivity contribution in [3.05, 3.63) is 24.0 Å². The van der Waals surface area contributed by atoms with Gasteiger partial charge in [0.1, 0.15) is 5.82 Å². The Hall–Kier alpha value is -2.44. The van der Waals surface area contributed by atoms with Crippen molar-refractivity contribution in [2.75, 3.05) is 6.61 Å². The van der Waals surface area contributed by atoms with Crippen LogP contribution in [0.25, 0.3) is 10.9 Å². The van der Waals surface area contributed by atoms with Crippen LogP contribution in [-0.2, 0) is 4.74 Å². The third-order valence-corrected chi connectivity index (χ3v) is 2.21. The first-order valence-corrected chi connectivity index (χ1v) is 5.20. The molecule has 0 spiro atoms. The van der Waals surface area contributed by atoms with Gasteiger partial charge in [0.2, 0.25) is 5.88 Å². The monoisotopic (exact) mass is 251 g/mol. The number of nitrogens with one attached hydrogen (secondary N) is 1. The van der Waals surface area contributed by atoms with Crippen LogP contribution in [0, 0.1) is 5.82 Å². The first kappa shape index (κ1) is 12.0. The van der Waals surface area contributed by atoms with Gasteiger partial charge in [-0.15, -0.1) is 5.11 Å². The molecular weight excluding hydrogens is 241 g/mol. The van der Waals surface area contributed by atoms with Crippen LogP contribution in [0.5, 0.6) is 5.88 Å². The Labute approximate surface area is 101 Å². The summed E-state index contributed by atoms with van der Waals surface area (Å²) >= 11 is 0. The van der Waals surface area contributed by atoms with Gasteiger partial charge >= 0.3 is 6.09 Å². The predicted molar refractivity (Wildman–Crippen MR) is 61.5 cm³/mol. The van der Waals surface area contributed by atoms with E-state index in [0.717, 1.165) is 0 Å². The molecule has 1 amide bonds. The second-order valence-corrected chi connectivity index (χ2v) is 3.41. The van der Waals surface area contributed by atoms with Crippen molar-refractivity contribution in [2.24, 2.45) is 10.2 Å². The third-order valence-electron chi connectivity index (χ3n) is 2.21. The lowest BCUT2D eigenvalue weighted by Gasteiger charge is -1.93. The van der Waals surface area contributed by atoms with Crippen molar-refractivity contribution in [3.8, 4) is 5.88 Å². The fourth-order valence-electron chi connectivity index (χ4n) is 1.48. The zero-order valence-corrected chi connectivity index (χ0v) is 9.48. The number of amides is 1. The highest BCUT2D eigenvalue weighted by molar-refractivity contribution is 5.94. The lowest BCUT2D eigenvalue weighted by atomic mass is 10.2. The number of halogens is 1. The summed E-state index contributed by atoms with van der Waals surface area (Å²) in [7, 11) is 0. The highest BCUT2D eigenvalue weighted by Crippen LogP contribution is 2.35. The zero-order chi connectivity index (χ0) is 13.1. The lowest BCUT2D eigenvalue weighted by molar-refractivity contribution is 0.162. The number of aromatic hydroxyl groups is 1. The number of hydrogen-bond donors (Lipinski definition) is 2. The first-order valence-electron chi connectivity index (χ1n) is 5.20. The molecule has 0 aliphatic carbocycles. The number of H-pyrrole nitrogens is 1. The number of carbonyl (C=O) groups is 1. The minimum absolute atomic E-state index is 0.00227. The predicted octanol–water partition coefficient (Wildman–Crippen LogP) is 3.25. The third kappa shape index (κ3) is 2.29. The van der Waals surface area contributed by atoms with Crippen LogP contribution in [0.15, 0.2) is 28.4 Å². The molecule has 0 unspecified atom stereocenters. The fourth-order valence-corrected chi connectivity index (χ4v) is 1.48. The summed E-state index contributed by atoms with van der Waals surface area (Å²) in [6.07, 6.45) is -0.873. The van der Waals surface area contributed by atoms with Gasteiger partial charge in [0.05, 0.1) is 12.1 Å². The Morgan fingerprint density at radius 2 is 2.33 bits per heavy atom. The number of hydrogen-bond acceptors (Lipinski definition) is 4. The van der Waals surface area contributed by atoms with Crippen molar-refractivity contribution in [1.29, 1.82) is 0 Å². The SMILES string of the molecule is CCOC(=O)N=Nc1c(O)[nH]c2ccc(F)cc12. The van der Waals surface area contributed by atoms with Gasteiger partial charge in [-0.25, -0.2) is 9.18 Å². The molecule has 1 aromatic heterocycles. The number of aromatic amines is 1. The number of carbonyl (C=O) groups excluding carboxylic acids is 1. The van der Waals surface area contributed by atoms with Crippen LogP contribution in [0.1, 0.15) is 6.92 Å². The molecule has 0 fully saturated rings. The van der Waals surface area contributed by atoms with E-state index in [0.29, 0.717) is 10.9 Å². The van der Waals surface area contributed by atoms with Crippen molar-refractivity contribution >= 4 is 22.7 Å². The van der Waals surface area contributed by atoms with Gasteiger partial charge in [0.25, 0.3) is 0 Å². The molecule has 6 nitrogen and oxygen atoms in total. The molecule has 2 aromatic rings. The number of rotatable bonds is 2. The van der Waals surface area contributed by atoms with Crippen LogP contribution in [-0.4, -0.2) is 22.8 Å². The number of benzene rings is 1. The molecule has 2 N–H and O–H groups in total. The maximum absolute atomic E-state index is 13.1. The van der Waals surface area contributed by atoms with Gasteiger partial charge < -0.3 is 14.8 Å². The summed E-state index contributed by atoms with van der Waals surface area (Å²) in [4.78, 5) is 13.6. The highest BCUT2D eigenvalue weighted by atomic mass is 19.1. The van der Waals surface area contributed by atoms with E-state index in [1.54, 1.807) is 6.92 Å². The summed E-state index contributed by atoms with van der Waals surface area (Å²) in [6, 6.07) is 3.88. The molecule has 1 heterocycles.